The average molecular weight is 708 g/mol. The molecule has 4 N–H and O–H groups in total. The Morgan fingerprint density at radius 2 is 1.86 bits per heavy atom. The fourth-order valence-corrected chi connectivity index (χ4v) is 6.45. The molecule has 1 fully saturated rings. The highest BCUT2D eigenvalue weighted by Gasteiger charge is 2.60. The molecule has 0 saturated carbocycles. The lowest BCUT2D eigenvalue weighted by molar-refractivity contribution is -0.149. The van der Waals surface area contributed by atoms with E-state index in [1.807, 2.05) is 13.8 Å². The van der Waals surface area contributed by atoms with Crippen LogP contribution in [0.25, 0.3) is 0 Å². The van der Waals surface area contributed by atoms with Crippen LogP contribution in [0.1, 0.15) is 51.2 Å². The van der Waals surface area contributed by atoms with E-state index in [-0.39, 0.29) is 17.1 Å². The van der Waals surface area contributed by atoms with E-state index in [1.54, 1.807) is 44.2 Å². The van der Waals surface area contributed by atoms with E-state index >= 15 is 8.78 Å². The summed E-state index contributed by atoms with van der Waals surface area (Å²) in [6.45, 7) is 7.27. The number of hydrogen-bond donors (Lipinski definition) is 4. The lowest BCUT2D eigenvalue weighted by Crippen LogP contribution is -2.42. The minimum absolute atomic E-state index is 0.0643. The normalized spacial score (nSPS) is 22.3. The minimum Gasteiger partial charge on any atom is -0.467 e. The second kappa shape index (κ2) is 13.8. The van der Waals surface area contributed by atoms with Crippen molar-refractivity contribution in [2.24, 2.45) is 0 Å². The first kappa shape index (κ1) is 35.9. The number of alkyl halides is 2. The van der Waals surface area contributed by atoms with Gasteiger partial charge in [0.05, 0.1) is 18.4 Å². The van der Waals surface area contributed by atoms with E-state index in [0.29, 0.717) is 16.0 Å². The zero-order valence-electron chi connectivity index (χ0n) is 27.1. The van der Waals surface area contributed by atoms with Crippen LogP contribution in [0.15, 0.2) is 65.6 Å². The number of amides is 1. The number of ether oxygens (including phenoxy) is 3. The van der Waals surface area contributed by atoms with Gasteiger partial charge in [-0.3, -0.25) is 18.7 Å². The molecule has 1 aromatic heterocycles. The number of para-hydroxylation sites is 1. The number of halogens is 2. The van der Waals surface area contributed by atoms with Gasteiger partial charge in [0, 0.05) is 11.8 Å². The van der Waals surface area contributed by atoms with E-state index < -0.39 is 74.1 Å². The number of benzene rings is 2. The quantitative estimate of drug-likeness (QED) is 0.156. The van der Waals surface area contributed by atoms with Crippen molar-refractivity contribution in [3.8, 4) is 11.5 Å². The third-order valence-corrected chi connectivity index (χ3v) is 8.82. The zero-order chi connectivity index (χ0) is 35.7. The first-order valence-electron chi connectivity index (χ1n) is 15.2. The molecule has 3 heterocycles. The summed E-state index contributed by atoms with van der Waals surface area (Å²) in [6, 6.07) is 12.3. The monoisotopic (exact) mass is 707 g/mol. The van der Waals surface area contributed by atoms with Crippen molar-refractivity contribution < 1.29 is 51.3 Å². The second-order valence-corrected chi connectivity index (χ2v) is 13.8. The number of nitrogens with one attached hydrogen (secondary N) is 3. The number of aromatic nitrogens is 2. The summed E-state index contributed by atoms with van der Waals surface area (Å²) in [5.74, 6) is -5.08. The molecule has 2 aliphatic rings. The standard InChI is InChI=1S/C31H36F2N5O10P/c1-17(2)45-27(41)18(3)37-49(43,48-20-9-7-6-8-10-20)44-16-23-25(39)31(32,33)28(46-23)38-14-13-24(35-29(38)42)34-26(40)19-11-12-22-21(15-19)36-30(4,5)47-22/h6-15,17-18,23,25,28,36,39H,16H2,1-5H3,(H,37,43)(H,34,35,40,42)/t18-,23-,25-,28?,49?/m1/s1. The highest BCUT2D eigenvalue weighted by Crippen LogP contribution is 2.48. The fourth-order valence-electron chi connectivity index (χ4n) is 4.94. The van der Waals surface area contributed by atoms with Crippen LogP contribution in [0, 0.1) is 0 Å². The molecule has 2 aliphatic heterocycles. The zero-order valence-corrected chi connectivity index (χ0v) is 28.0. The van der Waals surface area contributed by atoms with Crippen LogP contribution in [0.5, 0.6) is 11.5 Å². The van der Waals surface area contributed by atoms with E-state index in [0.717, 1.165) is 12.3 Å². The van der Waals surface area contributed by atoms with Gasteiger partial charge in [-0.15, -0.1) is 0 Å². The number of nitrogens with zero attached hydrogens (tertiary/aromatic N) is 2. The molecular weight excluding hydrogens is 671 g/mol. The molecule has 2 unspecified atom stereocenters. The number of esters is 1. The topological polar surface area (TPSA) is 189 Å². The predicted octanol–water partition coefficient (Wildman–Crippen LogP) is 4.06. The van der Waals surface area contributed by atoms with Gasteiger partial charge in [-0.2, -0.15) is 18.9 Å². The molecule has 1 amide bonds. The molecular formula is C31H36F2N5O10P. The second-order valence-electron chi connectivity index (χ2n) is 12.1. The Kier molecular flexibility index (Phi) is 10.1. The van der Waals surface area contributed by atoms with Crippen LogP contribution < -0.4 is 30.7 Å². The van der Waals surface area contributed by atoms with Crippen molar-refractivity contribution in [1.29, 1.82) is 0 Å². The molecule has 2 aromatic carbocycles. The summed E-state index contributed by atoms with van der Waals surface area (Å²) in [6.07, 6.45) is -6.26. The van der Waals surface area contributed by atoms with Crippen molar-refractivity contribution in [3.05, 3.63) is 76.8 Å². The first-order valence-corrected chi connectivity index (χ1v) is 16.7. The highest BCUT2D eigenvalue weighted by atomic mass is 31.2. The number of carbonyl (C=O) groups excluding carboxylic acids is 2. The molecule has 5 rings (SSSR count). The molecule has 0 spiro atoms. The number of aliphatic hydroxyl groups excluding tert-OH is 1. The Hall–Kier alpha value is -4.41. The molecule has 0 bridgehead atoms. The minimum atomic E-state index is -4.49. The molecule has 49 heavy (non-hydrogen) atoms. The van der Waals surface area contributed by atoms with Crippen LogP contribution in [0.3, 0.4) is 0 Å². The summed E-state index contributed by atoms with van der Waals surface area (Å²) < 4.78 is 71.9. The smallest absolute Gasteiger partial charge is 0.459 e. The van der Waals surface area contributed by atoms with E-state index in [4.69, 9.17) is 23.3 Å². The van der Waals surface area contributed by atoms with Gasteiger partial charge in [-0.1, -0.05) is 18.2 Å². The summed E-state index contributed by atoms with van der Waals surface area (Å²) in [4.78, 5) is 41.8. The van der Waals surface area contributed by atoms with E-state index in [1.165, 1.54) is 25.1 Å². The van der Waals surface area contributed by atoms with Gasteiger partial charge < -0.3 is 34.5 Å². The predicted molar refractivity (Wildman–Crippen MR) is 171 cm³/mol. The first-order chi connectivity index (χ1) is 23.0. The number of rotatable bonds is 12. The molecule has 1 saturated heterocycles. The van der Waals surface area contributed by atoms with Gasteiger partial charge in [0.15, 0.2) is 11.8 Å². The van der Waals surface area contributed by atoms with Crippen molar-refractivity contribution in [1.82, 2.24) is 14.6 Å². The molecule has 0 aliphatic carbocycles. The molecule has 264 valence electrons. The Bertz CT molecular complexity index is 1810. The lowest BCUT2D eigenvalue weighted by atomic mass is 10.1. The van der Waals surface area contributed by atoms with Crippen molar-refractivity contribution >= 4 is 31.1 Å². The molecule has 5 atom stereocenters. The molecule has 15 nitrogen and oxygen atoms in total. The lowest BCUT2D eigenvalue weighted by Gasteiger charge is -2.25. The van der Waals surface area contributed by atoms with Crippen LogP contribution in [-0.2, 0) is 23.4 Å². The van der Waals surface area contributed by atoms with Crippen molar-refractivity contribution in [3.63, 3.8) is 0 Å². The maximum Gasteiger partial charge on any atom is 0.459 e. The molecule has 0 radical (unpaired) electrons. The summed E-state index contributed by atoms with van der Waals surface area (Å²) in [5, 5.41) is 18.5. The highest BCUT2D eigenvalue weighted by molar-refractivity contribution is 7.52. The third-order valence-electron chi connectivity index (χ3n) is 7.18. The van der Waals surface area contributed by atoms with Crippen LogP contribution in [0.4, 0.5) is 20.3 Å². The van der Waals surface area contributed by atoms with Gasteiger partial charge >= 0.3 is 25.3 Å². The Labute approximate surface area is 279 Å². The molecule has 18 heteroatoms. The summed E-state index contributed by atoms with van der Waals surface area (Å²) in [7, 11) is -4.49. The van der Waals surface area contributed by atoms with Crippen LogP contribution in [0.2, 0.25) is 0 Å². The van der Waals surface area contributed by atoms with Gasteiger partial charge in [-0.05, 0) is 71.0 Å². The van der Waals surface area contributed by atoms with Crippen molar-refractivity contribution in [2.45, 2.75) is 76.8 Å². The number of hydrogen-bond acceptors (Lipinski definition) is 12. The van der Waals surface area contributed by atoms with E-state index in [2.05, 4.69) is 20.7 Å². The third kappa shape index (κ3) is 8.25. The maximum absolute atomic E-state index is 15.3. The van der Waals surface area contributed by atoms with Crippen LogP contribution in [-0.4, -0.2) is 69.1 Å². The Morgan fingerprint density at radius 3 is 2.53 bits per heavy atom. The summed E-state index contributed by atoms with van der Waals surface area (Å²) in [5.41, 5.74) is -1.09. The fraction of sp³-hybridized carbons (Fsp3) is 0.419. The maximum atomic E-state index is 15.3. The largest absolute Gasteiger partial charge is 0.467 e. The van der Waals surface area contributed by atoms with Gasteiger partial charge in [0.2, 0.25) is 6.23 Å². The number of anilines is 2. The van der Waals surface area contributed by atoms with Gasteiger partial charge in [-0.25, -0.2) is 9.36 Å². The SMILES string of the molecule is CC(C)OC(=O)[C@@H](C)NP(=O)(OC[C@H]1OC(n2ccc(NC(=O)c3ccc4c(c3)NC(C)(C)O4)nc2=O)C(F)(F)[C@@H]1O)Oc1ccccc1. The van der Waals surface area contributed by atoms with Crippen molar-refractivity contribution in [2.75, 3.05) is 17.2 Å². The Balaban J connectivity index is 1.28. The van der Waals surface area contributed by atoms with Gasteiger partial charge in [0.1, 0.15) is 29.5 Å². The number of fused-ring (bicyclic) bond motifs is 1. The average Bonchev–Trinajstić information content (AvgIpc) is 3.45. The number of carbonyl (C=O) groups is 2. The van der Waals surface area contributed by atoms with Crippen LogP contribution >= 0.6 is 7.75 Å². The van der Waals surface area contributed by atoms with E-state index in [9.17, 15) is 24.1 Å². The molecule has 3 aromatic rings. The number of aliphatic hydroxyl groups is 1. The summed E-state index contributed by atoms with van der Waals surface area (Å²) >= 11 is 0. The Morgan fingerprint density at radius 1 is 1.14 bits per heavy atom. The van der Waals surface area contributed by atoms with Gasteiger partial charge in [0.25, 0.3) is 5.91 Å².